The van der Waals surface area contributed by atoms with Crippen molar-refractivity contribution < 1.29 is 4.74 Å². The molecule has 0 radical (unpaired) electrons. The van der Waals surface area contributed by atoms with Crippen molar-refractivity contribution in [1.29, 1.82) is 0 Å². The Labute approximate surface area is 97.8 Å². The highest BCUT2D eigenvalue weighted by Gasteiger charge is 2.41. The third-order valence-electron chi connectivity index (χ3n) is 3.05. The first kappa shape index (κ1) is 13.3. The van der Waals surface area contributed by atoms with Crippen LogP contribution in [0.4, 0.5) is 0 Å². The van der Waals surface area contributed by atoms with Crippen molar-refractivity contribution >= 4 is 5.96 Å². The summed E-state index contributed by atoms with van der Waals surface area (Å²) in [5.41, 5.74) is 3.06. The lowest BCUT2D eigenvalue weighted by atomic mass is 10.0. The summed E-state index contributed by atoms with van der Waals surface area (Å²) >= 11 is 0. The molecule has 1 aliphatic rings. The molecule has 0 heterocycles. The minimum absolute atomic E-state index is 0.472. The van der Waals surface area contributed by atoms with Gasteiger partial charge in [-0.05, 0) is 24.7 Å². The predicted molar refractivity (Wildman–Crippen MR) is 66.1 cm³/mol. The lowest BCUT2D eigenvalue weighted by Crippen LogP contribution is -2.43. The molecule has 1 rings (SSSR count). The summed E-state index contributed by atoms with van der Waals surface area (Å²) in [7, 11) is 1.68. The van der Waals surface area contributed by atoms with Gasteiger partial charge in [0.15, 0.2) is 0 Å². The molecule has 0 aromatic carbocycles. The van der Waals surface area contributed by atoms with E-state index >= 15 is 0 Å². The molecule has 4 N–H and O–H groups in total. The second-order valence-corrected chi connectivity index (χ2v) is 4.48. The Morgan fingerprint density at radius 2 is 2.25 bits per heavy atom. The summed E-state index contributed by atoms with van der Waals surface area (Å²) in [6.07, 6.45) is 5.12. The molecule has 0 bridgehead atoms. The van der Waals surface area contributed by atoms with Gasteiger partial charge in [-0.25, -0.2) is 5.84 Å². The number of hydrazine groups is 1. The smallest absolute Gasteiger partial charge is 0.205 e. The quantitative estimate of drug-likeness (QED) is 0.196. The molecule has 0 amide bonds. The molecule has 5 heteroatoms. The van der Waals surface area contributed by atoms with Crippen molar-refractivity contribution in [2.75, 3.05) is 26.8 Å². The Morgan fingerprint density at radius 1 is 1.50 bits per heavy atom. The topological polar surface area (TPSA) is 71.7 Å². The second kappa shape index (κ2) is 6.70. The van der Waals surface area contributed by atoms with E-state index < -0.39 is 0 Å². The Morgan fingerprint density at radius 3 is 2.75 bits per heavy atom. The van der Waals surface area contributed by atoms with Gasteiger partial charge in [-0.15, -0.1) is 0 Å². The molecule has 0 spiro atoms. The monoisotopic (exact) mass is 228 g/mol. The molecule has 0 unspecified atom stereocenters. The van der Waals surface area contributed by atoms with Crippen molar-refractivity contribution in [1.82, 2.24) is 10.7 Å². The molecular weight excluding hydrogens is 204 g/mol. The summed E-state index contributed by atoms with van der Waals surface area (Å²) in [4.78, 5) is 4.48. The van der Waals surface area contributed by atoms with Crippen molar-refractivity contribution in [3.8, 4) is 0 Å². The summed E-state index contributed by atoms with van der Waals surface area (Å²) in [5.74, 6) is 6.06. The van der Waals surface area contributed by atoms with Gasteiger partial charge in [0.2, 0.25) is 5.96 Å². The molecule has 0 aromatic heterocycles. The molecule has 0 aliphatic heterocycles. The van der Waals surface area contributed by atoms with Gasteiger partial charge in [0, 0.05) is 20.2 Å². The van der Waals surface area contributed by atoms with E-state index in [0.717, 1.165) is 13.1 Å². The maximum atomic E-state index is 5.39. The lowest BCUT2D eigenvalue weighted by molar-refractivity contribution is 0.203. The van der Waals surface area contributed by atoms with Crippen LogP contribution in [0.2, 0.25) is 0 Å². The largest absolute Gasteiger partial charge is 0.383 e. The number of rotatable bonds is 7. The van der Waals surface area contributed by atoms with Gasteiger partial charge in [-0.1, -0.05) is 13.3 Å². The molecule has 0 atom stereocenters. The van der Waals surface area contributed by atoms with E-state index in [-0.39, 0.29) is 0 Å². The van der Waals surface area contributed by atoms with Crippen molar-refractivity contribution in [3.05, 3.63) is 0 Å². The number of methoxy groups -OCH3 is 1. The van der Waals surface area contributed by atoms with Crippen LogP contribution in [0.15, 0.2) is 4.99 Å². The SMILES string of the molecule is CCCC1(CN=C(NN)NCCOC)CC1. The fourth-order valence-electron chi connectivity index (χ4n) is 1.87. The fraction of sp³-hybridized carbons (Fsp3) is 0.909. The van der Waals surface area contributed by atoms with Gasteiger partial charge in [-0.2, -0.15) is 0 Å². The Hall–Kier alpha value is -0.810. The molecule has 0 aromatic rings. The zero-order valence-electron chi connectivity index (χ0n) is 10.4. The van der Waals surface area contributed by atoms with Gasteiger partial charge >= 0.3 is 0 Å². The van der Waals surface area contributed by atoms with E-state index in [0.29, 0.717) is 18.0 Å². The average molecular weight is 228 g/mol. The van der Waals surface area contributed by atoms with Crippen LogP contribution in [0.25, 0.3) is 0 Å². The number of nitrogens with zero attached hydrogens (tertiary/aromatic N) is 1. The summed E-state index contributed by atoms with van der Waals surface area (Å²) in [6.45, 7) is 4.48. The maximum Gasteiger partial charge on any atom is 0.205 e. The third-order valence-corrected chi connectivity index (χ3v) is 3.05. The van der Waals surface area contributed by atoms with E-state index in [2.05, 4.69) is 22.7 Å². The van der Waals surface area contributed by atoms with Crippen LogP contribution in [0.3, 0.4) is 0 Å². The van der Waals surface area contributed by atoms with Crippen molar-refractivity contribution in [3.63, 3.8) is 0 Å². The second-order valence-electron chi connectivity index (χ2n) is 4.48. The van der Waals surface area contributed by atoms with Crippen LogP contribution in [0.1, 0.15) is 32.6 Å². The number of ether oxygens (including phenoxy) is 1. The first-order valence-corrected chi connectivity index (χ1v) is 6.00. The van der Waals surface area contributed by atoms with Gasteiger partial charge in [0.25, 0.3) is 0 Å². The number of nitrogens with one attached hydrogen (secondary N) is 2. The molecule has 0 saturated heterocycles. The summed E-state index contributed by atoms with van der Waals surface area (Å²) in [5, 5.41) is 3.10. The standard InChI is InChI=1S/C11H24N4O/c1-3-4-11(5-6-11)9-14-10(15-12)13-7-8-16-2/h3-9,12H2,1-2H3,(H2,13,14,15). The first-order chi connectivity index (χ1) is 7.76. The summed E-state index contributed by atoms with van der Waals surface area (Å²) < 4.78 is 4.95. The minimum atomic E-state index is 0.472. The summed E-state index contributed by atoms with van der Waals surface area (Å²) in [6, 6.07) is 0. The van der Waals surface area contributed by atoms with Crippen LogP contribution in [0.5, 0.6) is 0 Å². The highest BCUT2D eigenvalue weighted by atomic mass is 16.5. The zero-order valence-corrected chi connectivity index (χ0v) is 10.4. The fourth-order valence-corrected chi connectivity index (χ4v) is 1.87. The number of hydrogen-bond acceptors (Lipinski definition) is 3. The third kappa shape index (κ3) is 4.37. The molecule has 94 valence electrons. The molecular formula is C11H24N4O. The zero-order chi connectivity index (χ0) is 11.9. The van der Waals surface area contributed by atoms with Crippen LogP contribution in [-0.2, 0) is 4.74 Å². The van der Waals surface area contributed by atoms with Crippen LogP contribution in [0, 0.1) is 5.41 Å². The van der Waals surface area contributed by atoms with Gasteiger partial charge in [0.1, 0.15) is 0 Å². The van der Waals surface area contributed by atoms with E-state index in [1.807, 2.05) is 0 Å². The molecule has 5 nitrogen and oxygen atoms in total. The maximum absolute atomic E-state index is 5.39. The average Bonchev–Trinajstić information content (AvgIpc) is 3.04. The number of aliphatic imine (C=N–C) groups is 1. The van der Waals surface area contributed by atoms with E-state index in [1.54, 1.807) is 7.11 Å². The molecule has 1 fully saturated rings. The Balaban J connectivity index is 2.29. The Kier molecular flexibility index (Phi) is 5.55. The van der Waals surface area contributed by atoms with E-state index in [1.165, 1.54) is 25.7 Å². The molecule has 1 saturated carbocycles. The highest BCUT2D eigenvalue weighted by Crippen LogP contribution is 2.49. The number of hydrogen-bond donors (Lipinski definition) is 3. The van der Waals surface area contributed by atoms with Crippen molar-refractivity contribution in [2.45, 2.75) is 32.6 Å². The Bertz CT molecular complexity index is 226. The normalized spacial score (nSPS) is 18.3. The molecule has 1 aliphatic carbocycles. The first-order valence-electron chi connectivity index (χ1n) is 6.00. The lowest BCUT2D eigenvalue weighted by Gasteiger charge is -2.13. The predicted octanol–water partition coefficient (Wildman–Crippen LogP) is 0.622. The van der Waals surface area contributed by atoms with Crippen LogP contribution >= 0.6 is 0 Å². The van der Waals surface area contributed by atoms with E-state index in [4.69, 9.17) is 10.6 Å². The van der Waals surface area contributed by atoms with E-state index in [9.17, 15) is 0 Å². The van der Waals surface area contributed by atoms with Gasteiger partial charge in [-0.3, -0.25) is 10.4 Å². The molecule has 16 heavy (non-hydrogen) atoms. The number of nitrogens with two attached hydrogens (primary N) is 1. The van der Waals surface area contributed by atoms with Crippen LogP contribution in [-0.4, -0.2) is 32.8 Å². The van der Waals surface area contributed by atoms with Crippen LogP contribution < -0.4 is 16.6 Å². The minimum Gasteiger partial charge on any atom is -0.383 e. The number of guanidine groups is 1. The highest BCUT2D eigenvalue weighted by molar-refractivity contribution is 5.79. The van der Waals surface area contributed by atoms with Gasteiger partial charge < -0.3 is 10.1 Å². The van der Waals surface area contributed by atoms with Gasteiger partial charge in [0.05, 0.1) is 6.61 Å². The van der Waals surface area contributed by atoms with Crippen molar-refractivity contribution in [2.24, 2.45) is 16.3 Å².